The molecule has 2 heterocycles. The number of anilines is 2. The molecule has 2 aliphatic rings. The Balaban J connectivity index is 1.59. The van der Waals surface area contributed by atoms with Gasteiger partial charge in [-0.15, -0.1) is 0 Å². The van der Waals surface area contributed by atoms with E-state index in [0.29, 0.717) is 31.1 Å². The Morgan fingerprint density at radius 1 is 1.07 bits per heavy atom. The number of piperidine rings is 1. The molecule has 0 aliphatic carbocycles. The third-order valence-electron chi connectivity index (χ3n) is 7.90. The van der Waals surface area contributed by atoms with Crippen LogP contribution in [0.25, 0.3) is 11.1 Å². The number of fused-ring (bicyclic) bond motifs is 3. The van der Waals surface area contributed by atoms with Crippen LogP contribution in [0.4, 0.5) is 37.7 Å². The van der Waals surface area contributed by atoms with Crippen LogP contribution in [0.5, 0.6) is 5.75 Å². The fraction of sp³-hybridized carbons (Fsp3) is 0.367. The molecule has 2 aliphatic heterocycles. The number of nitrogens with zero attached hydrogens (tertiary/aromatic N) is 2. The molecule has 3 aromatic carbocycles. The van der Waals surface area contributed by atoms with Gasteiger partial charge in [0.25, 0.3) is 10.0 Å². The summed E-state index contributed by atoms with van der Waals surface area (Å²) in [7, 11) is -4.60. The van der Waals surface area contributed by atoms with Crippen molar-refractivity contribution in [1.82, 2.24) is 0 Å². The molecule has 5 rings (SSSR count). The van der Waals surface area contributed by atoms with Crippen LogP contribution in [0.15, 0.2) is 65.6 Å². The largest absolute Gasteiger partial charge is 0.435 e. The van der Waals surface area contributed by atoms with Gasteiger partial charge < -0.3 is 20.1 Å². The summed E-state index contributed by atoms with van der Waals surface area (Å²) in [6, 6.07) is 10.5. The minimum absolute atomic E-state index is 0.00419. The average molecular weight is 658 g/mol. The molecular weight excluding hydrogens is 628 g/mol. The maximum atomic E-state index is 14.4. The van der Waals surface area contributed by atoms with Crippen LogP contribution >= 0.6 is 0 Å². The summed E-state index contributed by atoms with van der Waals surface area (Å²) >= 11 is 0. The Labute approximate surface area is 255 Å². The highest BCUT2D eigenvalue weighted by atomic mass is 32.2. The number of hydrogen-bond acceptors (Lipinski definition) is 6. The van der Waals surface area contributed by atoms with Crippen LogP contribution in [0.1, 0.15) is 31.7 Å². The molecule has 1 saturated heterocycles. The van der Waals surface area contributed by atoms with Gasteiger partial charge in [0.1, 0.15) is 11.6 Å². The number of primary amides is 1. The van der Waals surface area contributed by atoms with E-state index >= 15 is 0 Å². The predicted octanol–water partition coefficient (Wildman–Crippen LogP) is 5.94. The lowest BCUT2D eigenvalue weighted by molar-refractivity contribution is -0.137. The van der Waals surface area contributed by atoms with E-state index in [1.807, 2.05) is 11.8 Å². The first-order valence-corrected chi connectivity index (χ1v) is 15.3. The minimum atomic E-state index is -4.79. The van der Waals surface area contributed by atoms with Crippen LogP contribution in [0.2, 0.25) is 0 Å². The van der Waals surface area contributed by atoms with E-state index in [2.05, 4.69) is 4.74 Å². The van der Waals surface area contributed by atoms with Crippen molar-refractivity contribution in [1.29, 1.82) is 0 Å². The molecule has 0 radical (unpaired) electrons. The molecule has 45 heavy (non-hydrogen) atoms. The molecule has 1 fully saturated rings. The summed E-state index contributed by atoms with van der Waals surface area (Å²) < 4.78 is 120. The molecule has 1 amide bonds. The van der Waals surface area contributed by atoms with Gasteiger partial charge in [0.15, 0.2) is 0 Å². The quantitative estimate of drug-likeness (QED) is 0.286. The van der Waals surface area contributed by atoms with Gasteiger partial charge in [0, 0.05) is 19.0 Å². The van der Waals surface area contributed by atoms with Crippen LogP contribution in [-0.2, 0) is 25.7 Å². The van der Waals surface area contributed by atoms with Crippen molar-refractivity contribution < 1.29 is 49.0 Å². The Kier molecular flexibility index (Phi) is 8.70. The summed E-state index contributed by atoms with van der Waals surface area (Å²) in [4.78, 5) is 12.6. The van der Waals surface area contributed by atoms with Crippen molar-refractivity contribution in [2.75, 3.05) is 28.9 Å². The number of benzene rings is 3. The summed E-state index contributed by atoms with van der Waals surface area (Å²) in [6.07, 6.45) is -3.98. The summed E-state index contributed by atoms with van der Waals surface area (Å²) in [5.41, 5.74) is 4.27. The van der Waals surface area contributed by atoms with Gasteiger partial charge in [-0.25, -0.2) is 12.8 Å². The summed E-state index contributed by atoms with van der Waals surface area (Å²) in [5, 5.41) is 0. The molecule has 15 heteroatoms. The molecule has 0 unspecified atom stereocenters. The number of carbonyl (C=O) groups is 1. The number of sulfonamides is 1. The van der Waals surface area contributed by atoms with E-state index < -0.39 is 62.4 Å². The lowest BCUT2D eigenvalue weighted by atomic mass is 9.85. The Morgan fingerprint density at radius 2 is 1.82 bits per heavy atom. The van der Waals surface area contributed by atoms with Gasteiger partial charge in [0.05, 0.1) is 46.6 Å². The Bertz CT molecular complexity index is 1700. The van der Waals surface area contributed by atoms with Crippen LogP contribution < -0.4 is 19.7 Å². The molecule has 2 atom stereocenters. The van der Waals surface area contributed by atoms with Crippen molar-refractivity contribution >= 4 is 27.3 Å². The highest BCUT2D eigenvalue weighted by Gasteiger charge is 2.45. The molecular formula is C30H29F6N3O5S. The lowest BCUT2D eigenvalue weighted by Crippen LogP contribution is -2.58. The number of amides is 1. The number of alkyl halides is 5. The van der Waals surface area contributed by atoms with E-state index in [0.717, 1.165) is 34.6 Å². The highest BCUT2D eigenvalue weighted by molar-refractivity contribution is 7.92. The standard InChI is InChI=1S/C30H29F6N3O5S/c1-29(43-10-7-27(37)40)8-9-38-22(16-29)17-39(45(41,42)24-4-2-3-20(14-24)30(34,35)36)26-13-18(5-6-25(26)38)19-11-21(31)15-23(12-19)44-28(32)33/h2-6,11-15,22,28H,7-10,16-17H2,1H3,(H2,37,40)/t22-,29+/m0/s1. The van der Waals surface area contributed by atoms with Crippen molar-refractivity contribution in [3.05, 3.63) is 72.0 Å². The molecule has 0 bridgehead atoms. The third kappa shape index (κ3) is 6.98. The van der Waals surface area contributed by atoms with E-state index in [9.17, 15) is 39.6 Å². The number of ether oxygens (including phenoxy) is 2. The molecule has 3 aromatic rings. The molecule has 0 spiro atoms. The van der Waals surface area contributed by atoms with Gasteiger partial charge in [-0.2, -0.15) is 22.0 Å². The topological polar surface area (TPSA) is 102 Å². The molecule has 8 nitrogen and oxygen atoms in total. The number of halogens is 6. The van der Waals surface area contributed by atoms with E-state index in [1.54, 1.807) is 12.1 Å². The number of carbonyl (C=O) groups excluding carboxylic acids is 1. The van der Waals surface area contributed by atoms with Gasteiger partial charge >= 0.3 is 12.8 Å². The minimum Gasteiger partial charge on any atom is -0.435 e. The predicted molar refractivity (Wildman–Crippen MR) is 153 cm³/mol. The number of rotatable bonds is 9. The maximum Gasteiger partial charge on any atom is 0.416 e. The van der Waals surface area contributed by atoms with Gasteiger partial charge in [-0.05, 0) is 73.4 Å². The average Bonchev–Trinajstić information content (AvgIpc) is 2.95. The van der Waals surface area contributed by atoms with Crippen LogP contribution in [0, 0.1) is 5.82 Å². The summed E-state index contributed by atoms with van der Waals surface area (Å²) in [6.45, 7) is -1.08. The monoisotopic (exact) mass is 657 g/mol. The number of nitrogens with two attached hydrogens (primary N) is 1. The lowest BCUT2D eigenvalue weighted by Gasteiger charge is -2.51. The van der Waals surface area contributed by atoms with Gasteiger partial charge in [-0.3, -0.25) is 9.10 Å². The van der Waals surface area contributed by atoms with E-state index in [4.69, 9.17) is 10.5 Å². The second kappa shape index (κ2) is 12.1. The van der Waals surface area contributed by atoms with Crippen molar-refractivity contribution in [2.45, 2.75) is 55.5 Å². The summed E-state index contributed by atoms with van der Waals surface area (Å²) in [5.74, 6) is -1.86. The molecule has 242 valence electrons. The molecule has 0 saturated carbocycles. The highest BCUT2D eigenvalue weighted by Crippen LogP contribution is 2.46. The fourth-order valence-corrected chi connectivity index (χ4v) is 7.34. The zero-order valence-corrected chi connectivity index (χ0v) is 24.7. The first-order chi connectivity index (χ1) is 21.1. The van der Waals surface area contributed by atoms with Gasteiger partial charge in [0.2, 0.25) is 5.91 Å². The second-order valence-electron chi connectivity index (χ2n) is 11.1. The molecule has 0 aromatic heterocycles. The van der Waals surface area contributed by atoms with Crippen molar-refractivity contribution in [3.63, 3.8) is 0 Å². The SMILES string of the molecule is C[C@@]1(OCCC(N)=O)CCN2c3ccc(-c4cc(F)cc(OC(F)F)c4)cc3N(S(=O)(=O)c3cccc(C(F)(F)F)c3)C[C@@H]2C1. The zero-order valence-electron chi connectivity index (χ0n) is 23.9. The molecule has 2 N–H and O–H groups in total. The zero-order chi connectivity index (χ0) is 32.7. The fourth-order valence-electron chi connectivity index (χ4n) is 5.78. The Morgan fingerprint density at radius 3 is 2.51 bits per heavy atom. The van der Waals surface area contributed by atoms with Crippen LogP contribution in [-0.4, -0.2) is 52.3 Å². The third-order valence-corrected chi connectivity index (χ3v) is 9.67. The maximum absolute atomic E-state index is 14.4. The Hall–Kier alpha value is -3.98. The van der Waals surface area contributed by atoms with E-state index in [-0.39, 0.29) is 36.4 Å². The van der Waals surface area contributed by atoms with Crippen LogP contribution in [0.3, 0.4) is 0 Å². The van der Waals surface area contributed by atoms with Crippen molar-refractivity contribution in [2.24, 2.45) is 5.73 Å². The van der Waals surface area contributed by atoms with Crippen molar-refractivity contribution in [3.8, 4) is 16.9 Å². The normalized spacial score (nSPS) is 20.1. The first-order valence-electron chi connectivity index (χ1n) is 13.8. The smallest absolute Gasteiger partial charge is 0.416 e. The number of hydrogen-bond donors (Lipinski definition) is 1. The van der Waals surface area contributed by atoms with E-state index in [1.165, 1.54) is 12.1 Å². The first kappa shape index (κ1) is 32.4. The van der Waals surface area contributed by atoms with Gasteiger partial charge in [-0.1, -0.05) is 12.1 Å². The second-order valence-corrected chi connectivity index (χ2v) is 13.0.